The van der Waals surface area contributed by atoms with Crippen molar-refractivity contribution in [1.29, 1.82) is 0 Å². The summed E-state index contributed by atoms with van der Waals surface area (Å²) in [6.07, 6.45) is 0. The molecule has 0 aliphatic carbocycles. The summed E-state index contributed by atoms with van der Waals surface area (Å²) in [6, 6.07) is 5.82. The smallest absolute Gasteiger partial charge is 0.251 e. The van der Waals surface area contributed by atoms with E-state index < -0.39 is 10.0 Å². The summed E-state index contributed by atoms with van der Waals surface area (Å²) in [7, 11) is -2.07. The summed E-state index contributed by atoms with van der Waals surface area (Å²) in [5.74, 6) is -0.334. The normalized spacial score (nSPS) is 11.3. The molecule has 0 unspecified atom stereocenters. The number of halogens is 1. The van der Waals surface area contributed by atoms with Crippen molar-refractivity contribution in [1.82, 2.24) is 9.62 Å². The number of carbonyl (C=O) groups is 1. The Balaban J connectivity index is 0.00000400. The Morgan fingerprint density at radius 3 is 2.52 bits per heavy atom. The number of hydrogen-bond donors (Lipinski definition) is 2. The van der Waals surface area contributed by atoms with Crippen LogP contribution in [0.25, 0.3) is 0 Å². The summed E-state index contributed by atoms with van der Waals surface area (Å²) < 4.78 is 25.9. The van der Waals surface area contributed by atoms with Crippen LogP contribution in [0.4, 0.5) is 0 Å². The van der Waals surface area contributed by atoms with Crippen molar-refractivity contribution in [3.8, 4) is 0 Å². The van der Waals surface area contributed by atoms with Gasteiger partial charge in [0.15, 0.2) is 0 Å². The molecular weight excluding hydrogens is 314 g/mol. The molecule has 1 amide bonds. The Morgan fingerprint density at radius 1 is 1.38 bits per heavy atom. The van der Waals surface area contributed by atoms with E-state index in [1.165, 1.54) is 23.5 Å². The van der Waals surface area contributed by atoms with E-state index in [1.807, 2.05) is 0 Å². The average molecular weight is 336 g/mol. The van der Waals surface area contributed by atoms with E-state index >= 15 is 0 Å². The summed E-state index contributed by atoms with van der Waals surface area (Å²) in [5.41, 5.74) is 5.61. The molecule has 1 aromatic rings. The maximum Gasteiger partial charge on any atom is 0.251 e. The second-order valence-electron chi connectivity index (χ2n) is 4.69. The van der Waals surface area contributed by atoms with Gasteiger partial charge in [0.05, 0.1) is 4.90 Å². The van der Waals surface area contributed by atoms with Crippen LogP contribution in [0, 0.1) is 0 Å². The number of hydrogen-bond acceptors (Lipinski definition) is 4. The zero-order chi connectivity index (χ0) is 15.3. The van der Waals surface area contributed by atoms with Gasteiger partial charge in [-0.1, -0.05) is 6.07 Å². The molecule has 6 nitrogen and oxygen atoms in total. The maximum atomic E-state index is 12.3. The number of nitrogens with zero attached hydrogens (tertiary/aromatic N) is 1. The number of benzene rings is 1. The lowest BCUT2D eigenvalue weighted by Crippen LogP contribution is -2.33. The van der Waals surface area contributed by atoms with Gasteiger partial charge >= 0.3 is 0 Å². The summed E-state index contributed by atoms with van der Waals surface area (Å²) in [5, 5.41) is 2.61. The van der Waals surface area contributed by atoms with Crippen molar-refractivity contribution in [2.75, 3.05) is 20.1 Å². The average Bonchev–Trinajstić information content (AvgIpc) is 2.43. The molecule has 1 rings (SSSR count). The monoisotopic (exact) mass is 335 g/mol. The highest BCUT2D eigenvalue weighted by Crippen LogP contribution is 2.17. The van der Waals surface area contributed by atoms with Crippen molar-refractivity contribution in [2.45, 2.75) is 24.8 Å². The number of nitrogens with one attached hydrogen (secondary N) is 1. The number of carbonyl (C=O) groups excluding carboxylic acids is 1. The predicted molar refractivity (Wildman–Crippen MR) is 85.2 cm³/mol. The van der Waals surface area contributed by atoms with Crippen LogP contribution in [0.5, 0.6) is 0 Å². The summed E-state index contributed by atoms with van der Waals surface area (Å²) in [4.78, 5) is 11.9. The number of nitrogens with two attached hydrogens (primary N) is 1. The van der Waals surface area contributed by atoms with Crippen molar-refractivity contribution in [3.05, 3.63) is 29.8 Å². The molecule has 120 valence electrons. The molecular formula is C13H22ClN3O3S. The van der Waals surface area contributed by atoms with Gasteiger partial charge in [0.2, 0.25) is 10.0 Å². The molecule has 21 heavy (non-hydrogen) atoms. The Morgan fingerprint density at radius 2 is 2.00 bits per heavy atom. The van der Waals surface area contributed by atoms with E-state index in [0.717, 1.165) is 0 Å². The van der Waals surface area contributed by atoms with Crippen LogP contribution in [0.15, 0.2) is 29.2 Å². The maximum absolute atomic E-state index is 12.3. The van der Waals surface area contributed by atoms with Gasteiger partial charge in [-0.25, -0.2) is 8.42 Å². The lowest BCUT2D eigenvalue weighted by molar-refractivity contribution is 0.0954. The third-order valence-electron chi connectivity index (χ3n) is 2.93. The molecule has 0 radical (unpaired) electrons. The third kappa shape index (κ3) is 4.96. The van der Waals surface area contributed by atoms with Gasteiger partial charge in [-0.05, 0) is 32.0 Å². The van der Waals surface area contributed by atoms with Crippen LogP contribution >= 0.6 is 12.4 Å². The van der Waals surface area contributed by atoms with Gasteiger partial charge in [0, 0.05) is 31.7 Å². The predicted octanol–water partition coefficient (Wildman–Crippen LogP) is 0.826. The van der Waals surface area contributed by atoms with E-state index in [9.17, 15) is 13.2 Å². The Bertz CT molecular complexity index is 576. The first-order valence-electron chi connectivity index (χ1n) is 6.37. The van der Waals surface area contributed by atoms with Gasteiger partial charge in [-0.15, -0.1) is 12.4 Å². The molecule has 0 saturated heterocycles. The van der Waals surface area contributed by atoms with Crippen LogP contribution in [0.3, 0.4) is 0 Å². The highest BCUT2D eigenvalue weighted by Gasteiger charge is 2.23. The van der Waals surface area contributed by atoms with Gasteiger partial charge in [-0.2, -0.15) is 4.31 Å². The first-order chi connectivity index (χ1) is 9.30. The van der Waals surface area contributed by atoms with Gasteiger partial charge < -0.3 is 11.1 Å². The molecule has 0 bridgehead atoms. The number of sulfonamides is 1. The Labute approximate surface area is 132 Å². The summed E-state index contributed by atoms with van der Waals surface area (Å²) >= 11 is 0. The molecule has 0 aliphatic heterocycles. The fourth-order valence-electron chi connectivity index (χ4n) is 1.53. The lowest BCUT2D eigenvalue weighted by atomic mass is 10.2. The number of amides is 1. The third-order valence-corrected chi connectivity index (χ3v) is 4.96. The molecule has 0 atom stereocenters. The van der Waals surface area contributed by atoms with Crippen LogP contribution in [0.1, 0.15) is 24.2 Å². The molecule has 0 aromatic heterocycles. The molecule has 1 aromatic carbocycles. The fourth-order valence-corrected chi connectivity index (χ4v) is 2.94. The van der Waals surface area contributed by atoms with Crippen LogP contribution in [-0.2, 0) is 10.0 Å². The molecule has 0 spiro atoms. The molecule has 8 heteroatoms. The van der Waals surface area contributed by atoms with Gasteiger partial charge in [0.1, 0.15) is 0 Å². The quantitative estimate of drug-likeness (QED) is 0.805. The zero-order valence-electron chi connectivity index (χ0n) is 12.4. The minimum Gasteiger partial charge on any atom is -0.351 e. The van der Waals surface area contributed by atoms with Crippen molar-refractivity contribution < 1.29 is 13.2 Å². The Kier molecular flexibility index (Phi) is 7.87. The van der Waals surface area contributed by atoms with E-state index in [1.54, 1.807) is 26.0 Å². The molecule has 3 N–H and O–H groups in total. The first kappa shape index (κ1) is 19.9. The van der Waals surface area contributed by atoms with Crippen molar-refractivity contribution in [3.63, 3.8) is 0 Å². The number of rotatable bonds is 6. The second-order valence-corrected chi connectivity index (χ2v) is 6.68. The van der Waals surface area contributed by atoms with Gasteiger partial charge in [0.25, 0.3) is 5.91 Å². The van der Waals surface area contributed by atoms with Crippen molar-refractivity contribution >= 4 is 28.3 Å². The summed E-state index contributed by atoms with van der Waals surface area (Å²) in [6.45, 7) is 4.26. The SMILES string of the molecule is CC(C)N(C)S(=O)(=O)c1cccc(C(=O)NCCN)c1.Cl. The highest BCUT2D eigenvalue weighted by atomic mass is 35.5. The van der Waals surface area contributed by atoms with E-state index in [4.69, 9.17) is 5.73 Å². The Hall–Kier alpha value is -1.15. The largest absolute Gasteiger partial charge is 0.351 e. The minimum atomic E-state index is -3.59. The van der Waals surface area contributed by atoms with Crippen molar-refractivity contribution in [2.24, 2.45) is 5.73 Å². The van der Waals surface area contributed by atoms with Crippen LogP contribution in [-0.4, -0.2) is 44.8 Å². The fraction of sp³-hybridized carbons (Fsp3) is 0.462. The van der Waals surface area contributed by atoms with Crippen LogP contribution in [0.2, 0.25) is 0 Å². The second kappa shape index (κ2) is 8.33. The van der Waals surface area contributed by atoms with E-state index in [2.05, 4.69) is 5.32 Å². The first-order valence-corrected chi connectivity index (χ1v) is 7.81. The van der Waals surface area contributed by atoms with E-state index in [0.29, 0.717) is 18.7 Å². The minimum absolute atomic E-state index is 0. The van der Waals surface area contributed by atoms with Crippen LogP contribution < -0.4 is 11.1 Å². The molecule has 0 aliphatic rings. The topological polar surface area (TPSA) is 92.5 Å². The molecule has 0 fully saturated rings. The standard InChI is InChI=1S/C13H21N3O3S.ClH/c1-10(2)16(3)20(18,19)12-6-4-5-11(9-12)13(17)15-8-7-14;/h4-6,9-10H,7-8,14H2,1-3H3,(H,15,17);1H. The van der Waals surface area contributed by atoms with Gasteiger partial charge in [-0.3, -0.25) is 4.79 Å². The molecule has 0 saturated carbocycles. The zero-order valence-corrected chi connectivity index (χ0v) is 14.0. The van der Waals surface area contributed by atoms with E-state index in [-0.39, 0.29) is 29.3 Å². The molecule has 0 heterocycles. The lowest BCUT2D eigenvalue weighted by Gasteiger charge is -2.21. The highest BCUT2D eigenvalue weighted by molar-refractivity contribution is 7.89.